The number of carbonyl (C=O) groups excluding carboxylic acids is 1. The fourth-order valence-corrected chi connectivity index (χ4v) is 2.75. The third kappa shape index (κ3) is 3.40. The Balaban J connectivity index is 1.87. The van der Waals surface area contributed by atoms with Gasteiger partial charge >= 0.3 is 5.97 Å². The Morgan fingerprint density at radius 3 is 2.45 bits per heavy atom. The molecule has 1 saturated carbocycles. The van der Waals surface area contributed by atoms with Gasteiger partial charge in [-0.25, -0.2) is 4.79 Å². The number of carboxylic acid groups (broad SMARTS) is 1. The van der Waals surface area contributed by atoms with Crippen molar-refractivity contribution in [3.63, 3.8) is 0 Å². The van der Waals surface area contributed by atoms with Gasteiger partial charge in [-0.1, -0.05) is 13.8 Å². The van der Waals surface area contributed by atoms with Crippen molar-refractivity contribution >= 4 is 11.9 Å². The van der Waals surface area contributed by atoms with E-state index in [1.54, 1.807) is 0 Å². The van der Waals surface area contributed by atoms with E-state index in [2.05, 4.69) is 19.2 Å². The molecule has 0 atom stereocenters. The third-order valence-electron chi connectivity index (χ3n) is 4.12. The van der Waals surface area contributed by atoms with Crippen molar-refractivity contribution in [2.75, 3.05) is 0 Å². The summed E-state index contributed by atoms with van der Waals surface area (Å²) in [7, 11) is 0. The molecule has 0 radical (unpaired) electrons. The van der Waals surface area contributed by atoms with Gasteiger partial charge in [-0.2, -0.15) is 0 Å². The summed E-state index contributed by atoms with van der Waals surface area (Å²) in [5, 5.41) is 11.7. The molecule has 0 aliphatic heterocycles. The van der Waals surface area contributed by atoms with Crippen molar-refractivity contribution < 1.29 is 19.1 Å². The molecule has 1 aromatic heterocycles. The summed E-state index contributed by atoms with van der Waals surface area (Å²) in [6, 6.07) is 1.42. The topological polar surface area (TPSA) is 79.5 Å². The first kappa shape index (κ1) is 14.6. The summed E-state index contributed by atoms with van der Waals surface area (Å²) in [6.07, 6.45) is 5.29. The van der Waals surface area contributed by atoms with E-state index in [4.69, 9.17) is 9.52 Å². The van der Waals surface area contributed by atoms with E-state index in [0.717, 1.165) is 37.9 Å². The number of hydrogen-bond acceptors (Lipinski definition) is 3. The van der Waals surface area contributed by atoms with Crippen LogP contribution in [0.5, 0.6) is 0 Å². The van der Waals surface area contributed by atoms with Gasteiger partial charge in [0, 0.05) is 12.1 Å². The highest BCUT2D eigenvalue weighted by molar-refractivity contribution is 5.95. The first-order valence-electron chi connectivity index (χ1n) is 7.10. The second kappa shape index (κ2) is 6.11. The molecule has 110 valence electrons. The highest BCUT2D eigenvalue weighted by Gasteiger charge is 2.25. The Morgan fingerprint density at radius 2 is 1.95 bits per heavy atom. The Bertz CT molecular complexity index is 484. The third-order valence-corrected chi connectivity index (χ3v) is 4.12. The molecule has 20 heavy (non-hydrogen) atoms. The average molecular weight is 279 g/mol. The minimum atomic E-state index is -1.09. The summed E-state index contributed by atoms with van der Waals surface area (Å²) in [4.78, 5) is 22.7. The second-order valence-electron chi connectivity index (χ2n) is 5.83. The highest BCUT2D eigenvalue weighted by atomic mass is 16.4. The molecule has 0 saturated heterocycles. The molecule has 1 amide bonds. The van der Waals surface area contributed by atoms with Crippen molar-refractivity contribution in [3.05, 3.63) is 23.7 Å². The number of rotatable bonds is 4. The van der Waals surface area contributed by atoms with Gasteiger partial charge in [0.1, 0.15) is 6.26 Å². The molecule has 0 bridgehead atoms. The molecule has 1 heterocycles. The summed E-state index contributed by atoms with van der Waals surface area (Å²) >= 11 is 0. The zero-order valence-corrected chi connectivity index (χ0v) is 11.9. The molecule has 0 aromatic carbocycles. The highest BCUT2D eigenvalue weighted by Crippen LogP contribution is 2.29. The Labute approximate surface area is 118 Å². The summed E-state index contributed by atoms with van der Waals surface area (Å²) in [6.45, 7) is 4.47. The summed E-state index contributed by atoms with van der Waals surface area (Å²) in [5.41, 5.74) is -0.00124. The smallest absolute Gasteiger partial charge is 0.338 e. The van der Waals surface area contributed by atoms with Crippen molar-refractivity contribution in [1.29, 1.82) is 0 Å². The van der Waals surface area contributed by atoms with E-state index in [1.807, 2.05) is 0 Å². The quantitative estimate of drug-likeness (QED) is 0.888. The number of furan rings is 1. The first-order valence-corrected chi connectivity index (χ1v) is 7.10. The van der Waals surface area contributed by atoms with E-state index in [-0.39, 0.29) is 23.3 Å². The van der Waals surface area contributed by atoms with Crippen molar-refractivity contribution in [1.82, 2.24) is 5.32 Å². The monoisotopic (exact) mass is 279 g/mol. The standard InChI is InChI=1S/C15H21NO4/c1-9(2)10-3-5-12(6-4-10)16-14(17)13-7-11(8-20-13)15(18)19/h7-10,12H,3-6H2,1-2H3,(H,16,17)(H,18,19). The lowest BCUT2D eigenvalue weighted by atomic mass is 9.80. The molecule has 5 nitrogen and oxygen atoms in total. The number of carboxylic acids is 1. The molecule has 0 unspecified atom stereocenters. The molecule has 2 N–H and O–H groups in total. The van der Waals surface area contributed by atoms with Gasteiger partial charge in [0.25, 0.3) is 5.91 Å². The zero-order valence-electron chi connectivity index (χ0n) is 11.9. The van der Waals surface area contributed by atoms with Crippen LogP contribution in [0.3, 0.4) is 0 Å². The van der Waals surface area contributed by atoms with Crippen LogP contribution in [0.25, 0.3) is 0 Å². The number of nitrogens with one attached hydrogen (secondary N) is 1. The Hall–Kier alpha value is -1.78. The number of carbonyl (C=O) groups is 2. The van der Waals surface area contributed by atoms with Gasteiger partial charge in [0.15, 0.2) is 5.76 Å². The minimum absolute atomic E-state index is 0.00124. The first-order chi connectivity index (χ1) is 9.47. The van der Waals surface area contributed by atoms with Crippen LogP contribution in [0.15, 0.2) is 16.7 Å². The fourth-order valence-electron chi connectivity index (χ4n) is 2.75. The summed E-state index contributed by atoms with van der Waals surface area (Å²) < 4.78 is 5.00. The molecular formula is C15H21NO4. The molecule has 1 aliphatic rings. The van der Waals surface area contributed by atoms with E-state index < -0.39 is 5.97 Å². The lowest BCUT2D eigenvalue weighted by Gasteiger charge is -2.31. The second-order valence-corrected chi connectivity index (χ2v) is 5.83. The normalized spacial score (nSPS) is 22.8. The minimum Gasteiger partial charge on any atom is -0.478 e. The van der Waals surface area contributed by atoms with Crippen molar-refractivity contribution in [2.24, 2.45) is 11.8 Å². The number of aromatic carboxylic acids is 1. The van der Waals surface area contributed by atoms with Gasteiger partial charge in [-0.05, 0) is 37.5 Å². The fraction of sp³-hybridized carbons (Fsp3) is 0.600. The molecule has 2 rings (SSSR count). The molecule has 5 heteroatoms. The Morgan fingerprint density at radius 1 is 1.30 bits per heavy atom. The van der Waals surface area contributed by atoms with Crippen LogP contribution in [-0.2, 0) is 0 Å². The van der Waals surface area contributed by atoms with Gasteiger partial charge < -0.3 is 14.8 Å². The number of amides is 1. The van der Waals surface area contributed by atoms with E-state index >= 15 is 0 Å². The zero-order chi connectivity index (χ0) is 14.7. The maximum absolute atomic E-state index is 12.0. The predicted molar refractivity (Wildman–Crippen MR) is 73.7 cm³/mol. The molecule has 1 fully saturated rings. The number of hydrogen-bond donors (Lipinski definition) is 2. The van der Waals surface area contributed by atoms with Crippen LogP contribution in [-0.4, -0.2) is 23.0 Å². The van der Waals surface area contributed by atoms with Crippen LogP contribution in [0.2, 0.25) is 0 Å². The van der Waals surface area contributed by atoms with Crippen LogP contribution in [0.1, 0.15) is 60.4 Å². The van der Waals surface area contributed by atoms with Crippen LogP contribution < -0.4 is 5.32 Å². The van der Waals surface area contributed by atoms with Crippen LogP contribution >= 0.6 is 0 Å². The van der Waals surface area contributed by atoms with Gasteiger partial charge in [0.2, 0.25) is 0 Å². The SMILES string of the molecule is CC(C)C1CCC(NC(=O)c2cc(C(=O)O)co2)CC1. The van der Waals surface area contributed by atoms with E-state index in [9.17, 15) is 9.59 Å². The van der Waals surface area contributed by atoms with Gasteiger partial charge in [-0.15, -0.1) is 0 Å². The maximum atomic E-state index is 12.0. The largest absolute Gasteiger partial charge is 0.478 e. The van der Waals surface area contributed by atoms with Crippen molar-refractivity contribution in [3.8, 4) is 0 Å². The van der Waals surface area contributed by atoms with E-state index in [1.165, 1.54) is 6.07 Å². The molecule has 1 aromatic rings. The molecule has 1 aliphatic carbocycles. The van der Waals surface area contributed by atoms with Crippen molar-refractivity contribution in [2.45, 2.75) is 45.6 Å². The summed E-state index contributed by atoms with van der Waals surface area (Å²) in [5.74, 6) is 0.0735. The van der Waals surface area contributed by atoms with Gasteiger partial charge in [-0.3, -0.25) is 4.79 Å². The average Bonchev–Trinajstić information content (AvgIpc) is 2.89. The predicted octanol–water partition coefficient (Wildman–Crippen LogP) is 2.92. The lowest BCUT2D eigenvalue weighted by Crippen LogP contribution is -2.38. The van der Waals surface area contributed by atoms with Crippen LogP contribution in [0, 0.1) is 11.8 Å². The van der Waals surface area contributed by atoms with Crippen LogP contribution in [0.4, 0.5) is 0 Å². The Kier molecular flexibility index (Phi) is 4.47. The van der Waals surface area contributed by atoms with E-state index in [0.29, 0.717) is 5.92 Å². The molecule has 0 spiro atoms. The van der Waals surface area contributed by atoms with Gasteiger partial charge in [0.05, 0.1) is 5.56 Å². The maximum Gasteiger partial charge on any atom is 0.338 e. The molecular weight excluding hydrogens is 258 g/mol. The lowest BCUT2D eigenvalue weighted by molar-refractivity contribution is 0.0695.